The van der Waals surface area contributed by atoms with E-state index in [-0.39, 0.29) is 42.4 Å². The molecule has 2 aliphatic heterocycles. The highest BCUT2D eigenvalue weighted by atomic mass is 19.1. The van der Waals surface area contributed by atoms with Gasteiger partial charge < -0.3 is 19.3 Å². The average molecular weight is 669 g/mol. The second-order valence-electron chi connectivity index (χ2n) is 16.3. The Morgan fingerprint density at radius 2 is 0.958 bits per heavy atom. The summed E-state index contributed by atoms with van der Waals surface area (Å²) in [4.78, 5) is 44.4. The molecule has 0 N–H and O–H groups in total. The van der Waals surface area contributed by atoms with Crippen molar-refractivity contribution in [2.45, 2.75) is 105 Å². The maximum atomic E-state index is 15.2. The van der Waals surface area contributed by atoms with Crippen LogP contribution in [0.5, 0.6) is 0 Å². The van der Waals surface area contributed by atoms with Crippen molar-refractivity contribution in [2.75, 3.05) is 26.2 Å². The first-order chi connectivity index (χ1) is 22.3. The Hall–Kier alpha value is -3.49. The Morgan fingerprint density at radius 3 is 1.25 bits per heavy atom. The molecule has 0 spiro atoms. The molecule has 9 heteroatoms. The largest absolute Gasteiger partial charge is 0.444 e. The summed E-state index contributed by atoms with van der Waals surface area (Å²) in [5, 5.41) is 0. The number of hydrogen-bond donors (Lipinski definition) is 0. The number of benzene rings is 2. The fraction of sp³-hybridized carbons (Fsp3) is 0.615. The van der Waals surface area contributed by atoms with E-state index in [1.165, 1.54) is 12.1 Å². The Labute approximate surface area is 285 Å². The zero-order valence-electron chi connectivity index (χ0n) is 30.0. The van der Waals surface area contributed by atoms with Crippen LogP contribution in [0.15, 0.2) is 48.5 Å². The van der Waals surface area contributed by atoms with Gasteiger partial charge in [0, 0.05) is 38.0 Å². The van der Waals surface area contributed by atoms with E-state index < -0.39 is 33.9 Å². The molecule has 2 aliphatic rings. The molecule has 4 rings (SSSR count). The number of ether oxygens (including phenoxy) is 2. The summed E-state index contributed by atoms with van der Waals surface area (Å²) in [6.45, 7) is 16.7. The predicted octanol–water partition coefficient (Wildman–Crippen LogP) is 8.63. The summed E-state index contributed by atoms with van der Waals surface area (Å²) in [6.07, 6.45) is 1.76. The lowest BCUT2D eigenvalue weighted by Crippen LogP contribution is -2.52. The zero-order valence-corrected chi connectivity index (χ0v) is 30.0. The number of nitrogens with zero attached hydrogens (tertiary/aromatic N) is 2. The maximum Gasteiger partial charge on any atom is 0.410 e. The number of hydrogen-bond acceptors (Lipinski definition) is 5. The van der Waals surface area contributed by atoms with Crippen LogP contribution in [0.1, 0.15) is 92.2 Å². The smallest absolute Gasteiger partial charge is 0.410 e. The van der Waals surface area contributed by atoms with E-state index in [4.69, 9.17) is 9.47 Å². The van der Waals surface area contributed by atoms with Crippen molar-refractivity contribution in [3.05, 3.63) is 71.3 Å². The normalized spacial score (nSPS) is 19.3. The number of piperidine rings is 2. The zero-order chi connectivity index (χ0) is 35.5. The first-order valence-electron chi connectivity index (χ1n) is 17.3. The third kappa shape index (κ3) is 9.35. The Morgan fingerprint density at radius 1 is 0.646 bits per heavy atom. The number of carbonyl (C=O) groups is 3. The molecular formula is C39H54F2N2O5. The first-order valence-corrected chi connectivity index (χ1v) is 17.3. The molecular weight excluding hydrogens is 614 g/mol. The van der Waals surface area contributed by atoms with Gasteiger partial charge in [0.05, 0.1) is 0 Å². The molecule has 0 aromatic heterocycles. The molecule has 2 atom stereocenters. The topological polar surface area (TPSA) is 76.2 Å². The van der Waals surface area contributed by atoms with E-state index in [0.717, 1.165) is 0 Å². The number of ketones is 1. The van der Waals surface area contributed by atoms with E-state index in [2.05, 4.69) is 13.8 Å². The van der Waals surface area contributed by atoms with Crippen LogP contribution in [0.4, 0.5) is 18.4 Å². The Bertz CT molecular complexity index is 1340. The molecule has 0 aliphatic carbocycles. The molecule has 2 saturated heterocycles. The molecule has 0 saturated carbocycles. The fourth-order valence-electron chi connectivity index (χ4n) is 7.14. The Kier molecular flexibility index (Phi) is 11.3. The summed E-state index contributed by atoms with van der Waals surface area (Å²) in [5.41, 5.74) is -1.45. The van der Waals surface area contributed by atoms with Crippen molar-refractivity contribution < 1.29 is 32.6 Å². The molecule has 7 nitrogen and oxygen atoms in total. The molecule has 48 heavy (non-hydrogen) atoms. The molecule has 2 amide bonds. The quantitative estimate of drug-likeness (QED) is 0.282. The lowest BCUT2D eigenvalue weighted by Gasteiger charge is -2.48. The predicted molar refractivity (Wildman–Crippen MR) is 182 cm³/mol. The molecule has 2 aromatic carbocycles. The molecule has 2 fully saturated rings. The average Bonchev–Trinajstić information content (AvgIpc) is 2.98. The first kappa shape index (κ1) is 37.3. The van der Waals surface area contributed by atoms with Gasteiger partial charge in [-0.1, -0.05) is 50.2 Å². The van der Waals surface area contributed by atoms with E-state index in [0.29, 0.717) is 63.0 Å². The van der Waals surface area contributed by atoms with Crippen LogP contribution in [0.2, 0.25) is 0 Å². The van der Waals surface area contributed by atoms with Crippen molar-refractivity contribution in [1.82, 2.24) is 9.80 Å². The number of amides is 2. The lowest BCUT2D eigenvalue weighted by atomic mass is 9.59. The third-order valence-electron chi connectivity index (χ3n) is 10.2. The van der Waals surface area contributed by atoms with Crippen molar-refractivity contribution in [3.8, 4) is 0 Å². The summed E-state index contributed by atoms with van der Waals surface area (Å²) >= 11 is 0. The van der Waals surface area contributed by atoms with Gasteiger partial charge in [-0.2, -0.15) is 0 Å². The number of rotatable bonds is 8. The van der Waals surface area contributed by atoms with Crippen LogP contribution < -0.4 is 0 Å². The number of halogens is 2. The monoisotopic (exact) mass is 668 g/mol. The van der Waals surface area contributed by atoms with Gasteiger partial charge in [0.1, 0.15) is 28.6 Å². The van der Waals surface area contributed by atoms with E-state index >= 15 is 13.6 Å². The van der Waals surface area contributed by atoms with Crippen molar-refractivity contribution in [3.63, 3.8) is 0 Å². The standard InChI is InChI=1S/C39H54F2N2O5/c1-36(2,3)47-34(45)42-21-17-38(7,18-22-42)29(25-27-13-9-11-15-31(27)40)33(44)30(26-28-14-10-12-16-32(28)41)39(8)19-23-43(24-20-39)35(46)48-37(4,5)6/h9-16,29-30H,17-26H2,1-8H3. The summed E-state index contributed by atoms with van der Waals surface area (Å²) in [6, 6.07) is 13.1. The van der Waals surface area contributed by atoms with Gasteiger partial charge in [0.15, 0.2) is 0 Å². The van der Waals surface area contributed by atoms with Gasteiger partial charge in [-0.15, -0.1) is 0 Å². The van der Waals surface area contributed by atoms with E-state index in [1.807, 2.05) is 41.5 Å². The van der Waals surface area contributed by atoms with Gasteiger partial charge >= 0.3 is 12.2 Å². The second-order valence-corrected chi connectivity index (χ2v) is 16.3. The SMILES string of the molecule is CC(C)(C)OC(=O)N1CCC(C)(C(Cc2ccccc2F)C(=O)C(Cc2ccccc2F)C2(C)CCN(C(=O)OC(C)(C)C)CC2)CC1. The lowest BCUT2D eigenvalue weighted by molar-refractivity contribution is -0.137. The summed E-state index contributed by atoms with van der Waals surface area (Å²) in [5.74, 6) is -1.94. The van der Waals surface area contributed by atoms with Crippen LogP contribution in [0.25, 0.3) is 0 Å². The minimum absolute atomic E-state index is 0.0251. The number of Topliss-reactive ketones (excluding diaryl/α,β-unsaturated/α-hetero) is 1. The van der Waals surface area contributed by atoms with Crippen LogP contribution in [0, 0.1) is 34.3 Å². The van der Waals surface area contributed by atoms with E-state index in [9.17, 15) is 9.59 Å². The van der Waals surface area contributed by atoms with Crippen LogP contribution in [-0.2, 0) is 27.1 Å². The van der Waals surface area contributed by atoms with Crippen LogP contribution in [0.3, 0.4) is 0 Å². The highest BCUT2D eigenvalue weighted by Crippen LogP contribution is 2.48. The van der Waals surface area contributed by atoms with Gasteiger partial charge in [-0.05, 0) is 114 Å². The molecule has 0 radical (unpaired) electrons. The van der Waals surface area contributed by atoms with E-state index in [1.54, 1.807) is 46.2 Å². The highest BCUT2D eigenvalue weighted by molar-refractivity contribution is 5.86. The molecule has 0 bridgehead atoms. The number of likely N-dealkylation sites (tertiary alicyclic amines) is 2. The van der Waals surface area contributed by atoms with Crippen molar-refractivity contribution >= 4 is 18.0 Å². The van der Waals surface area contributed by atoms with Crippen LogP contribution in [-0.4, -0.2) is 65.2 Å². The van der Waals surface area contributed by atoms with Crippen molar-refractivity contribution in [2.24, 2.45) is 22.7 Å². The van der Waals surface area contributed by atoms with Gasteiger partial charge in [0.2, 0.25) is 0 Å². The molecule has 2 unspecified atom stereocenters. The Balaban J connectivity index is 1.68. The van der Waals surface area contributed by atoms with Crippen molar-refractivity contribution in [1.29, 1.82) is 0 Å². The second kappa shape index (κ2) is 14.6. The summed E-state index contributed by atoms with van der Waals surface area (Å²) < 4.78 is 41.7. The van der Waals surface area contributed by atoms with Gasteiger partial charge in [-0.25, -0.2) is 18.4 Å². The van der Waals surface area contributed by atoms with Gasteiger partial charge in [-0.3, -0.25) is 4.79 Å². The molecule has 2 aromatic rings. The fourth-order valence-corrected chi connectivity index (χ4v) is 7.14. The highest BCUT2D eigenvalue weighted by Gasteiger charge is 2.50. The molecule has 264 valence electrons. The maximum absolute atomic E-state index is 15.2. The minimum atomic E-state index is -0.629. The third-order valence-corrected chi connectivity index (χ3v) is 10.2. The summed E-state index contributed by atoms with van der Waals surface area (Å²) in [7, 11) is 0. The molecule has 2 heterocycles. The minimum Gasteiger partial charge on any atom is -0.444 e. The number of carbonyl (C=O) groups excluding carboxylic acids is 3. The van der Waals surface area contributed by atoms with Crippen LogP contribution >= 0.6 is 0 Å². The van der Waals surface area contributed by atoms with Gasteiger partial charge in [0.25, 0.3) is 0 Å².